The predicted molar refractivity (Wildman–Crippen MR) is 213 cm³/mol. The molecule has 0 bridgehead atoms. The number of amides is 4. The Morgan fingerprint density at radius 2 is 1.52 bits per heavy atom. The molecular weight excluding hydrogens is 755 g/mol. The van der Waals surface area contributed by atoms with E-state index >= 15 is 0 Å². The Hall–Kier alpha value is -5.20. The first kappa shape index (κ1) is 39.1. The lowest BCUT2D eigenvalue weighted by atomic mass is 9.97. The zero-order valence-electron chi connectivity index (χ0n) is 30.6. The van der Waals surface area contributed by atoms with Gasteiger partial charge in [0.05, 0.1) is 23.3 Å². The molecule has 2 N–H and O–H groups in total. The number of aliphatic hydroxyl groups excluding tert-OH is 1. The van der Waals surface area contributed by atoms with Crippen LogP contribution in [-0.4, -0.2) is 94.6 Å². The van der Waals surface area contributed by atoms with E-state index in [1.165, 1.54) is 12.2 Å². The minimum absolute atomic E-state index is 0.0778. The topological polar surface area (TPSA) is 129 Å². The van der Waals surface area contributed by atoms with Gasteiger partial charge < -0.3 is 24.8 Å². The second-order valence-electron chi connectivity index (χ2n) is 14.1. The molecule has 0 aromatic heterocycles. The van der Waals surface area contributed by atoms with Gasteiger partial charge in [0.15, 0.2) is 11.5 Å². The maximum Gasteiger partial charge on any atom is 0.261 e. The zero-order valence-corrected chi connectivity index (χ0v) is 32.1. The maximum atomic E-state index is 14.2. The van der Waals surface area contributed by atoms with Gasteiger partial charge in [-0.2, -0.15) is 0 Å². The number of halogens is 2. The van der Waals surface area contributed by atoms with E-state index < -0.39 is 29.9 Å². The first-order valence-electron chi connectivity index (χ1n) is 18.6. The number of nitrogens with one attached hydrogen (secondary N) is 1. The van der Waals surface area contributed by atoms with Crippen LogP contribution in [0.3, 0.4) is 0 Å². The van der Waals surface area contributed by atoms with Crippen molar-refractivity contribution in [1.82, 2.24) is 20.0 Å². The summed E-state index contributed by atoms with van der Waals surface area (Å²) in [6.07, 6.45) is 3.11. The number of hydrogen-bond donors (Lipinski definition) is 2. The Labute approximate surface area is 335 Å². The molecule has 1 saturated heterocycles. The Balaban J connectivity index is 1.07. The van der Waals surface area contributed by atoms with Crippen LogP contribution in [-0.2, 0) is 22.6 Å². The van der Waals surface area contributed by atoms with E-state index in [-0.39, 0.29) is 38.3 Å². The lowest BCUT2D eigenvalue weighted by Crippen LogP contribution is -2.54. The average molecular weight is 798 g/mol. The number of fused-ring (bicyclic) bond motifs is 2. The van der Waals surface area contributed by atoms with E-state index in [2.05, 4.69) is 10.2 Å². The lowest BCUT2D eigenvalue weighted by Gasteiger charge is -2.40. The molecule has 0 aliphatic carbocycles. The zero-order chi connectivity index (χ0) is 39.2. The molecule has 13 heteroatoms. The van der Waals surface area contributed by atoms with E-state index in [1.54, 1.807) is 47.4 Å². The van der Waals surface area contributed by atoms with Gasteiger partial charge in [0.2, 0.25) is 18.6 Å². The molecule has 1 fully saturated rings. The molecule has 4 aromatic carbocycles. The highest BCUT2D eigenvalue weighted by Gasteiger charge is 2.37. The van der Waals surface area contributed by atoms with Gasteiger partial charge in [-0.3, -0.25) is 29.0 Å². The van der Waals surface area contributed by atoms with Crippen LogP contribution in [0.5, 0.6) is 11.5 Å². The summed E-state index contributed by atoms with van der Waals surface area (Å²) in [5.41, 5.74) is 3.10. The van der Waals surface area contributed by atoms with Crippen molar-refractivity contribution in [3.05, 3.63) is 135 Å². The molecule has 2 atom stereocenters. The summed E-state index contributed by atoms with van der Waals surface area (Å²) < 4.78 is 11.0. The van der Waals surface area contributed by atoms with Crippen molar-refractivity contribution in [1.29, 1.82) is 0 Å². The summed E-state index contributed by atoms with van der Waals surface area (Å²) in [6, 6.07) is 26.0. The van der Waals surface area contributed by atoms with Gasteiger partial charge in [-0.1, -0.05) is 77.8 Å². The van der Waals surface area contributed by atoms with Crippen molar-refractivity contribution in [3.8, 4) is 11.5 Å². The van der Waals surface area contributed by atoms with Crippen molar-refractivity contribution in [2.45, 2.75) is 50.4 Å². The molecule has 56 heavy (non-hydrogen) atoms. The highest BCUT2D eigenvalue weighted by atomic mass is 35.5. The Morgan fingerprint density at radius 3 is 2.21 bits per heavy atom. The summed E-state index contributed by atoms with van der Waals surface area (Å²) in [5.74, 6) is -0.183. The minimum Gasteiger partial charge on any atom is -0.454 e. The number of carbonyl (C=O) groups excluding carboxylic acids is 4. The van der Waals surface area contributed by atoms with Crippen LogP contribution in [0.2, 0.25) is 10.0 Å². The van der Waals surface area contributed by atoms with Crippen molar-refractivity contribution in [2.75, 3.05) is 33.0 Å². The SMILES string of the molecule is O=C(/C=C/c1c(Cl)cccc1Cl)N[C@@H](Cc1ccccc1)[C@@H](O)CN(C(=O)CCN1C(=O)c2ccccc2C1=O)C1CCN(Cc2ccc3c(c2)OCO3)CC1. The highest BCUT2D eigenvalue weighted by Crippen LogP contribution is 2.33. The van der Waals surface area contributed by atoms with Gasteiger partial charge in [-0.15, -0.1) is 0 Å². The minimum atomic E-state index is -1.17. The van der Waals surface area contributed by atoms with Crippen LogP contribution in [0.1, 0.15) is 56.7 Å². The fraction of sp³-hybridized carbons (Fsp3) is 0.302. The van der Waals surface area contributed by atoms with Crippen molar-refractivity contribution in [2.24, 2.45) is 0 Å². The van der Waals surface area contributed by atoms with Gasteiger partial charge in [0, 0.05) is 66.9 Å². The normalized spacial score (nSPS) is 16.6. The predicted octanol–water partition coefficient (Wildman–Crippen LogP) is 6.00. The first-order chi connectivity index (χ1) is 27.1. The van der Waals surface area contributed by atoms with E-state index in [1.807, 2.05) is 48.5 Å². The lowest BCUT2D eigenvalue weighted by molar-refractivity contribution is -0.136. The summed E-state index contributed by atoms with van der Waals surface area (Å²) in [5, 5.41) is 15.6. The summed E-state index contributed by atoms with van der Waals surface area (Å²) >= 11 is 12.6. The number of imide groups is 1. The Kier molecular flexibility index (Phi) is 12.4. The Bertz CT molecular complexity index is 2070. The second kappa shape index (κ2) is 17.7. The standard InChI is InChI=1S/C43H42Cl2N4O7/c44-34-11-6-12-35(45)33(34)14-16-40(51)46-36(23-28-7-2-1-3-8-28)37(50)26-49(41(52)19-22-48-42(53)31-9-4-5-10-32(31)43(48)54)30-17-20-47(21-18-30)25-29-13-15-38-39(24-29)56-27-55-38/h1-16,24,30,36-37,50H,17-23,25-27H2,(H,46,51)/b16-14+/t36-,37-/m0/s1. The van der Waals surface area contributed by atoms with Gasteiger partial charge >= 0.3 is 0 Å². The van der Waals surface area contributed by atoms with E-state index in [0.717, 1.165) is 27.5 Å². The molecule has 0 unspecified atom stereocenters. The molecule has 3 aliphatic heterocycles. The van der Waals surface area contributed by atoms with Crippen LogP contribution in [0.4, 0.5) is 0 Å². The smallest absolute Gasteiger partial charge is 0.261 e. The van der Waals surface area contributed by atoms with Crippen LogP contribution in [0, 0.1) is 0 Å². The molecule has 0 saturated carbocycles. The number of hydrogen-bond acceptors (Lipinski definition) is 8. The summed E-state index contributed by atoms with van der Waals surface area (Å²) in [7, 11) is 0. The number of nitrogens with zero attached hydrogens (tertiary/aromatic N) is 3. The third kappa shape index (κ3) is 9.08. The third-order valence-corrected chi connectivity index (χ3v) is 11.1. The number of likely N-dealkylation sites (tertiary alicyclic amines) is 1. The second-order valence-corrected chi connectivity index (χ2v) is 15.0. The Morgan fingerprint density at radius 1 is 0.857 bits per heavy atom. The first-order valence-corrected chi connectivity index (χ1v) is 19.4. The van der Waals surface area contributed by atoms with Crippen molar-refractivity contribution in [3.63, 3.8) is 0 Å². The largest absolute Gasteiger partial charge is 0.454 e. The summed E-state index contributed by atoms with van der Waals surface area (Å²) in [6.45, 7) is 2.11. The van der Waals surface area contributed by atoms with Gasteiger partial charge in [-0.05, 0) is 72.9 Å². The van der Waals surface area contributed by atoms with E-state index in [0.29, 0.717) is 65.6 Å². The van der Waals surface area contributed by atoms with E-state index in [4.69, 9.17) is 32.7 Å². The van der Waals surface area contributed by atoms with Crippen LogP contribution in [0.15, 0.2) is 97.1 Å². The molecule has 290 valence electrons. The molecule has 3 heterocycles. The number of aliphatic hydroxyl groups is 1. The highest BCUT2D eigenvalue weighted by molar-refractivity contribution is 6.37. The monoisotopic (exact) mass is 796 g/mol. The van der Waals surface area contributed by atoms with Gasteiger partial charge in [0.1, 0.15) is 0 Å². The van der Waals surface area contributed by atoms with Crippen LogP contribution in [0.25, 0.3) is 6.08 Å². The molecule has 4 amide bonds. The number of benzene rings is 4. The van der Waals surface area contributed by atoms with Crippen LogP contribution >= 0.6 is 23.2 Å². The molecule has 4 aromatic rings. The molecule has 11 nitrogen and oxygen atoms in total. The molecule has 3 aliphatic rings. The quantitative estimate of drug-likeness (QED) is 0.118. The molecule has 7 rings (SSSR count). The maximum absolute atomic E-state index is 14.2. The number of rotatable bonds is 14. The van der Waals surface area contributed by atoms with Crippen LogP contribution < -0.4 is 14.8 Å². The summed E-state index contributed by atoms with van der Waals surface area (Å²) in [4.78, 5) is 58.9. The molecule has 0 spiro atoms. The van der Waals surface area contributed by atoms with Crippen molar-refractivity contribution >= 4 is 52.9 Å². The number of piperidine rings is 1. The fourth-order valence-corrected chi connectivity index (χ4v) is 8.00. The van der Waals surface area contributed by atoms with Gasteiger partial charge in [0.25, 0.3) is 11.8 Å². The van der Waals surface area contributed by atoms with Crippen molar-refractivity contribution < 1.29 is 33.8 Å². The number of carbonyl (C=O) groups is 4. The molecular formula is C43H42Cl2N4O7. The average Bonchev–Trinajstić information content (AvgIpc) is 3.77. The molecule has 0 radical (unpaired) electrons. The van der Waals surface area contributed by atoms with E-state index in [9.17, 15) is 24.3 Å². The van der Waals surface area contributed by atoms with Gasteiger partial charge in [-0.25, -0.2) is 0 Å². The number of ether oxygens (including phenoxy) is 2. The fourth-order valence-electron chi connectivity index (χ4n) is 7.47. The third-order valence-electron chi connectivity index (χ3n) is 10.5.